The quantitative estimate of drug-likeness (QED) is 0.421. The predicted molar refractivity (Wildman–Crippen MR) is 118 cm³/mol. The van der Waals surface area contributed by atoms with E-state index in [-0.39, 0.29) is 24.0 Å². The number of thiophene rings is 1. The van der Waals surface area contributed by atoms with Gasteiger partial charge in [0.15, 0.2) is 16.7 Å². The fourth-order valence-corrected chi connectivity index (χ4v) is 4.68. The van der Waals surface area contributed by atoms with E-state index in [1.165, 1.54) is 23.1 Å². The van der Waals surface area contributed by atoms with Crippen LogP contribution in [0.15, 0.2) is 39.6 Å². The first-order chi connectivity index (χ1) is 14.5. The molecule has 0 saturated heterocycles. The lowest BCUT2D eigenvalue weighted by atomic mass is 10.1. The van der Waals surface area contributed by atoms with Crippen LogP contribution in [-0.2, 0) is 17.9 Å². The summed E-state index contributed by atoms with van der Waals surface area (Å²) < 4.78 is 13.0. The normalized spacial score (nSPS) is 12.6. The first-order valence-corrected chi connectivity index (χ1v) is 11.6. The minimum atomic E-state index is -0.118. The molecule has 3 aromatic rings. The zero-order valence-corrected chi connectivity index (χ0v) is 18.5. The van der Waals surface area contributed by atoms with E-state index in [4.69, 9.17) is 9.47 Å². The minimum Gasteiger partial charge on any atom is -0.454 e. The van der Waals surface area contributed by atoms with Crippen molar-refractivity contribution in [2.45, 2.75) is 38.5 Å². The predicted octanol–water partition coefficient (Wildman–Crippen LogP) is 3.64. The van der Waals surface area contributed by atoms with Crippen LogP contribution in [0.25, 0.3) is 10.2 Å². The van der Waals surface area contributed by atoms with Crippen molar-refractivity contribution in [3.05, 3.63) is 45.6 Å². The number of rotatable bonds is 8. The number of carbonyl (C=O) groups is 1. The number of hydrogen-bond acceptors (Lipinski definition) is 7. The highest BCUT2D eigenvalue weighted by Gasteiger charge is 2.16. The maximum Gasteiger partial charge on any atom is 0.272 e. The van der Waals surface area contributed by atoms with Crippen LogP contribution in [0.4, 0.5) is 0 Å². The number of fused-ring (bicyclic) bond motifs is 2. The molecule has 1 aliphatic heterocycles. The number of nitrogens with zero attached hydrogens (tertiary/aromatic N) is 2. The highest BCUT2D eigenvalue weighted by atomic mass is 32.2. The molecular formula is C21H23N3O4S2. The van der Waals surface area contributed by atoms with Gasteiger partial charge in [-0.05, 0) is 41.5 Å². The third kappa shape index (κ3) is 4.62. The van der Waals surface area contributed by atoms with Crippen molar-refractivity contribution in [3.8, 4) is 11.5 Å². The molecule has 7 nitrogen and oxygen atoms in total. The first kappa shape index (κ1) is 20.7. The van der Waals surface area contributed by atoms with Crippen LogP contribution in [-0.4, -0.2) is 28.0 Å². The smallest absolute Gasteiger partial charge is 0.272 e. The maximum absolute atomic E-state index is 12.9. The van der Waals surface area contributed by atoms with Crippen LogP contribution in [0.5, 0.6) is 11.5 Å². The van der Waals surface area contributed by atoms with Gasteiger partial charge < -0.3 is 14.8 Å². The van der Waals surface area contributed by atoms with Crippen molar-refractivity contribution in [3.63, 3.8) is 0 Å². The fraction of sp³-hybridized carbons (Fsp3) is 0.381. The molecule has 1 amide bonds. The van der Waals surface area contributed by atoms with Gasteiger partial charge in [0.2, 0.25) is 12.7 Å². The number of carbonyl (C=O) groups excluding carboxylic acids is 1. The largest absolute Gasteiger partial charge is 0.454 e. The standard InChI is InChI=1S/C21H23N3O4S2/c1-13(2)5-7-24-20(26)19-15(6-8-29-19)23-21(24)30-11-18(25)22-10-14-3-4-16-17(9-14)28-12-27-16/h3-4,6,8-9,13H,5,7,10-12H2,1-2H3,(H,22,25). The lowest BCUT2D eigenvalue weighted by Crippen LogP contribution is -2.26. The average molecular weight is 446 g/mol. The Labute approximate surface area is 182 Å². The summed E-state index contributed by atoms with van der Waals surface area (Å²) in [5.41, 5.74) is 1.59. The molecule has 0 atom stereocenters. The van der Waals surface area contributed by atoms with Crippen molar-refractivity contribution in [1.29, 1.82) is 0 Å². The summed E-state index contributed by atoms with van der Waals surface area (Å²) in [7, 11) is 0. The van der Waals surface area contributed by atoms with Crippen molar-refractivity contribution >= 4 is 39.2 Å². The number of ether oxygens (including phenoxy) is 2. The molecule has 1 aromatic carbocycles. The van der Waals surface area contributed by atoms with Crippen LogP contribution >= 0.6 is 23.1 Å². The third-order valence-electron chi connectivity index (χ3n) is 4.72. The Balaban J connectivity index is 1.41. The molecule has 0 spiro atoms. The molecule has 4 rings (SSSR count). The summed E-state index contributed by atoms with van der Waals surface area (Å²) in [6.45, 7) is 5.46. The summed E-state index contributed by atoms with van der Waals surface area (Å²) in [5, 5.41) is 5.37. The van der Waals surface area contributed by atoms with Gasteiger partial charge in [-0.1, -0.05) is 31.7 Å². The Morgan fingerprint density at radius 3 is 2.97 bits per heavy atom. The maximum atomic E-state index is 12.9. The molecular weight excluding hydrogens is 422 g/mol. The third-order valence-corrected chi connectivity index (χ3v) is 6.59. The highest BCUT2D eigenvalue weighted by molar-refractivity contribution is 7.99. The molecule has 9 heteroatoms. The minimum absolute atomic E-state index is 0.0288. The second-order valence-electron chi connectivity index (χ2n) is 7.42. The summed E-state index contributed by atoms with van der Waals surface area (Å²) in [6.07, 6.45) is 0.877. The van der Waals surface area contributed by atoms with Gasteiger partial charge >= 0.3 is 0 Å². The molecule has 3 heterocycles. The average Bonchev–Trinajstić information content (AvgIpc) is 3.38. The molecule has 0 saturated carbocycles. The topological polar surface area (TPSA) is 82.5 Å². The molecule has 0 fully saturated rings. The van der Waals surface area contributed by atoms with Crippen molar-refractivity contribution in [2.75, 3.05) is 12.5 Å². The Morgan fingerprint density at radius 2 is 2.13 bits per heavy atom. The zero-order valence-electron chi connectivity index (χ0n) is 16.8. The molecule has 0 radical (unpaired) electrons. The number of benzene rings is 1. The SMILES string of the molecule is CC(C)CCn1c(SCC(=O)NCc2ccc3c(c2)OCO3)nc2ccsc2c1=O. The van der Waals surface area contributed by atoms with Crippen LogP contribution in [0.1, 0.15) is 25.8 Å². The number of thioether (sulfide) groups is 1. The van der Waals surface area contributed by atoms with Crippen LogP contribution in [0, 0.1) is 5.92 Å². The lowest BCUT2D eigenvalue weighted by molar-refractivity contribution is -0.118. The molecule has 30 heavy (non-hydrogen) atoms. The van der Waals surface area contributed by atoms with Gasteiger partial charge in [0.25, 0.3) is 5.56 Å². The molecule has 0 aliphatic carbocycles. The van der Waals surface area contributed by atoms with E-state index in [0.29, 0.717) is 40.1 Å². The van der Waals surface area contributed by atoms with E-state index in [2.05, 4.69) is 24.1 Å². The van der Waals surface area contributed by atoms with Gasteiger partial charge in [0, 0.05) is 13.1 Å². The van der Waals surface area contributed by atoms with E-state index >= 15 is 0 Å². The fourth-order valence-electron chi connectivity index (χ4n) is 3.05. The van der Waals surface area contributed by atoms with E-state index in [9.17, 15) is 9.59 Å². The molecule has 0 unspecified atom stereocenters. The highest BCUT2D eigenvalue weighted by Crippen LogP contribution is 2.32. The van der Waals surface area contributed by atoms with Crippen molar-refractivity contribution in [2.24, 2.45) is 5.92 Å². The molecule has 1 aliphatic rings. The van der Waals surface area contributed by atoms with Gasteiger partial charge in [0.1, 0.15) is 4.70 Å². The Morgan fingerprint density at radius 1 is 1.30 bits per heavy atom. The van der Waals surface area contributed by atoms with E-state index in [0.717, 1.165) is 17.7 Å². The van der Waals surface area contributed by atoms with Gasteiger partial charge in [-0.25, -0.2) is 4.98 Å². The van der Waals surface area contributed by atoms with Crippen LogP contribution < -0.4 is 20.3 Å². The summed E-state index contributed by atoms with van der Waals surface area (Å²) in [6, 6.07) is 7.45. The monoisotopic (exact) mass is 445 g/mol. The summed E-state index contributed by atoms with van der Waals surface area (Å²) in [5.74, 6) is 1.95. The molecule has 1 N–H and O–H groups in total. The number of hydrogen-bond donors (Lipinski definition) is 1. The summed E-state index contributed by atoms with van der Waals surface area (Å²) in [4.78, 5) is 29.9. The number of nitrogens with one attached hydrogen (secondary N) is 1. The van der Waals surface area contributed by atoms with Crippen molar-refractivity contribution in [1.82, 2.24) is 14.9 Å². The van der Waals surface area contributed by atoms with Gasteiger partial charge in [-0.2, -0.15) is 0 Å². The molecule has 158 valence electrons. The lowest BCUT2D eigenvalue weighted by Gasteiger charge is -2.13. The molecule has 2 aromatic heterocycles. The Hall–Kier alpha value is -2.52. The van der Waals surface area contributed by atoms with E-state index < -0.39 is 0 Å². The van der Waals surface area contributed by atoms with Gasteiger partial charge in [-0.15, -0.1) is 11.3 Å². The second kappa shape index (κ2) is 9.09. The van der Waals surface area contributed by atoms with Crippen molar-refractivity contribution < 1.29 is 14.3 Å². The Kier molecular flexibility index (Phi) is 6.29. The molecule has 0 bridgehead atoms. The number of amides is 1. The first-order valence-electron chi connectivity index (χ1n) is 9.77. The number of aromatic nitrogens is 2. The van der Waals surface area contributed by atoms with Crippen LogP contribution in [0.2, 0.25) is 0 Å². The van der Waals surface area contributed by atoms with E-state index in [1.54, 1.807) is 4.57 Å². The zero-order chi connectivity index (χ0) is 21.1. The second-order valence-corrected chi connectivity index (χ2v) is 9.28. The Bertz CT molecular complexity index is 1120. The summed E-state index contributed by atoms with van der Waals surface area (Å²) >= 11 is 2.70. The van der Waals surface area contributed by atoms with Gasteiger partial charge in [-0.3, -0.25) is 14.2 Å². The van der Waals surface area contributed by atoms with E-state index in [1.807, 2.05) is 29.6 Å². The van der Waals surface area contributed by atoms with Gasteiger partial charge in [0.05, 0.1) is 11.3 Å². The van der Waals surface area contributed by atoms with Crippen LogP contribution in [0.3, 0.4) is 0 Å².